The van der Waals surface area contributed by atoms with Crippen LogP contribution in [0.2, 0.25) is 5.02 Å². The summed E-state index contributed by atoms with van der Waals surface area (Å²) in [6.45, 7) is 4.68. The summed E-state index contributed by atoms with van der Waals surface area (Å²) in [5, 5.41) is 3.81. The van der Waals surface area contributed by atoms with E-state index >= 15 is 0 Å². The largest absolute Gasteiger partial charge is 0.356 e. The molecule has 26 heavy (non-hydrogen) atoms. The van der Waals surface area contributed by atoms with Crippen molar-refractivity contribution in [3.63, 3.8) is 0 Å². The summed E-state index contributed by atoms with van der Waals surface area (Å²) in [6.07, 6.45) is 7.31. The van der Waals surface area contributed by atoms with E-state index in [1.807, 2.05) is 18.7 Å². The van der Waals surface area contributed by atoms with Gasteiger partial charge in [0, 0.05) is 49.7 Å². The molecule has 3 rings (SSSR count). The highest BCUT2D eigenvalue weighted by atomic mass is 35.5. The van der Waals surface area contributed by atoms with Crippen molar-refractivity contribution in [2.24, 2.45) is 10.9 Å². The molecule has 0 aliphatic carbocycles. The van der Waals surface area contributed by atoms with Gasteiger partial charge >= 0.3 is 0 Å². The predicted molar refractivity (Wildman–Crippen MR) is 103 cm³/mol. The molecular formula is C19H25ClFN5. The van der Waals surface area contributed by atoms with Crippen LogP contribution in [-0.4, -0.2) is 47.1 Å². The fraction of sp³-hybridized carbons (Fsp3) is 0.474. The number of hydrogen-bond donors (Lipinski definition) is 1. The Hall–Kier alpha value is -2.08. The summed E-state index contributed by atoms with van der Waals surface area (Å²) in [5.41, 5.74) is 0.542. The molecule has 140 valence electrons. The van der Waals surface area contributed by atoms with E-state index in [2.05, 4.69) is 31.7 Å². The Bertz CT molecular complexity index is 726. The van der Waals surface area contributed by atoms with E-state index in [0.717, 1.165) is 25.5 Å². The van der Waals surface area contributed by atoms with E-state index in [0.29, 0.717) is 35.5 Å². The Balaban J connectivity index is 1.60. The van der Waals surface area contributed by atoms with Crippen LogP contribution in [0.15, 0.2) is 41.9 Å². The Morgan fingerprint density at radius 3 is 3.00 bits per heavy atom. The molecule has 0 saturated carbocycles. The fourth-order valence-electron chi connectivity index (χ4n) is 3.50. The van der Waals surface area contributed by atoms with Crippen molar-refractivity contribution in [1.82, 2.24) is 19.8 Å². The smallest absolute Gasteiger partial charge is 0.193 e. The third-order valence-corrected chi connectivity index (χ3v) is 5.41. The lowest BCUT2D eigenvalue weighted by Crippen LogP contribution is -2.49. The molecule has 1 N–H and O–H groups in total. The number of halogens is 2. The lowest BCUT2D eigenvalue weighted by atomic mass is 9.93. The Kier molecular flexibility index (Phi) is 6.14. The Labute approximate surface area is 158 Å². The molecule has 2 unspecified atom stereocenters. The Morgan fingerprint density at radius 1 is 1.46 bits per heavy atom. The molecule has 2 aromatic rings. The van der Waals surface area contributed by atoms with E-state index in [1.54, 1.807) is 19.2 Å². The minimum absolute atomic E-state index is 0.263. The van der Waals surface area contributed by atoms with E-state index < -0.39 is 0 Å². The van der Waals surface area contributed by atoms with E-state index in [-0.39, 0.29) is 5.82 Å². The van der Waals surface area contributed by atoms with Crippen LogP contribution in [0.5, 0.6) is 0 Å². The van der Waals surface area contributed by atoms with Crippen molar-refractivity contribution < 1.29 is 4.39 Å². The van der Waals surface area contributed by atoms with Gasteiger partial charge in [-0.15, -0.1) is 0 Å². The second kappa shape index (κ2) is 8.54. The summed E-state index contributed by atoms with van der Waals surface area (Å²) in [7, 11) is 1.78. The molecule has 0 radical (unpaired) electrons. The van der Waals surface area contributed by atoms with Crippen molar-refractivity contribution in [1.29, 1.82) is 0 Å². The highest BCUT2D eigenvalue weighted by molar-refractivity contribution is 6.31. The average molecular weight is 378 g/mol. The number of likely N-dealkylation sites (tertiary alicyclic amines) is 1. The van der Waals surface area contributed by atoms with Gasteiger partial charge in [0.2, 0.25) is 0 Å². The van der Waals surface area contributed by atoms with Crippen molar-refractivity contribution in [2.75, 3.05) is 26.7 Å². The molecule has 1 aromatic heterocycles. The number of imidazole rings is 1. The summed E-state index contributed by atoms with van der Waals surface area (Å²) in [6, 6.07) is 5.15. The van der Waals surface area contributed by atoms with Gasteiger partial charge in [-0.3, -0.25) is 4.99 Å². The maximum Gasteiger partial charge on any atom is 0.193 e. The number of nitrogens with zero attached hydrogens (tertiary/aromatic N) is 4. The summed E-state index contributed by atoms with van der Waals surface area (Å²) in [4.78, 5) is 10.8. The number of benzene rings is 1. The zero-order valence-corrected chi connectivity index (χ0v) is 16.0. The fourth-order valence-corrected chi connectivity index (χ4v) is 3.76. The number of aromatic nitrogens is 2. The lowest BCUT2D eigenvalue weighted by Gasteiger charge is -2.39. The molecule has 2 atom stereocenters. The van der Waals surface area contributed by atoms with E-state index in [9.17, 15) is 4.39 Å². The number of guanidine groups is 1. The minimum Gasteiger partial charge on any atom is -0.356 e. The Morgan fingerprint density at radius 2 is 2.31 bits per heavy atom. The molecule has 5 nitrogen and oxygen atoms in total. The summed E-state index contributed by atoms with van der Waals surface area (Å²) < 4.78 is 16.1. The van der Waals surface area contributed by atoms with Crippen molar-refractivity contribution in [2.45, 2.75) is 25.8 Å². The predicted octanol–water partition coefficient (Wildman–Crippen LogP) is 3.38. The first-order valence-electron chi connectivity index (χ1n) is 8.96. The number of hydrogen-bond acceptors (Lipinski definition) is 2. The molecule has 0 spiro atoms. The highest BCUT2D eigenvalue weighted by Gasteiger charge is 2.28. The molecule has 1 aliphatic heterocycles. The molecule has 1 fully saturated rings. The SMILES string of the molecule is CN=C(NCCc1c(F)cccc1Cl)N1CCC(C)C(n2ccnc2)C1. The second-order valence-corrected chi connectivity index (χ2v) is 7.12. The molecule has 1 aliphatic rings. The first-order valence-corrected chi connectivity index (χ1v) is 9.34. The third-order valence-electron chi connectivity index (χ3n) is 5.06. The van der Waals surface area contributed by atoms with Gasteiger partial charge in [0.25, 0.3) is 0 Å². The van der Waals surface area contributed by atoms with Gasteiger partial charge in [0.05, 0.1) is 12.4 Å². The number of piperidine rings is 1. The number of aliphatic imine (C=N–C) groups is 1. The van der Waals surface area contributed by atoms with Gasteiger partial charge in [0.1, 0.15) is 5.82 Å². The lowest BCUT2D eigenvalue weighted by molar-refractivity contribution is 0.189. The third kappa shape index (κ3) is 4.18. The zero-order chi connectivity index (χ0) is 18.5. The van der Waals surface area contributed by atoms with Crippen molar-refractivity contribution in [3.05, 3.63) is 53.3 Å². The van der Waals surface area contributed by atoms with Crippen LogP contribution < -0.4 is 5.32 Å². The van der Waals surface area contributed by atoms with E-state index in [1.165, 1.54) is 6.07 Å². The topological polar surface area (TPSA) is 45.5 Å². The maximum absolute atomic E-state index is 13.9. The normalized spacial score (nSPS) is 21.1. The maximum atomic E-state index is 13.9. The van der Waals surface area contributed by atoms with Crippen molar-refractivity contribution in [3.8, 4) is 0 Å². The van der Waals surface area contributed by atoms with E-state index in [4.69, 9.17) is 11.6 Å². The van der Waals surface area contributed by atoms with Crippen LogP contribution in [0, 0.1) is 11.7 Å². The second-order valence-electron chi connectivity index (χ2n) is 6.71. The summed E-state index contributed by atoms with van der Waals surface area (Å²) in [5.74, 6) is 1.16. The number of rotatable bonds is 4. The molecule has 1 saturated heterocycles. The number of nitrogens with one attached hydrogen (secondary N) is 1. The molecular weight excluding hydrogens is 353 g/mol. The van der Waals surface area contributed by atoms with Gasteiger partial charge < -0.3 is 14.8 Å². The molecule has 2 heterocycles. The van der Waals surface area contributed by atoms with Gasteiger partial charge in [-0.2, -0.15) is 0 Å². The first kappa shape index (κ1) is 18.7. The summed E-state index contributed by atoms with van der Waals surface area (Å²) >= 11 is 6.10. The first-order chi connectivity index (χ1) is 12.6. The van der Waals surface area contributed by atoms with Crippen molar-refractivity contribution >= 4 is 17.6 Å². The van der Waals surface area contributed by atoms with Crippen LogP contribution in [-0.2, 0) is 6.42 Å². The van der Waals surface area contributed by atoms with Crippen LogP contribution >= 0.6 is 11.6 Å². The molecule has 1 aromatic carbocycles. The van der Waals surface area contributed by atoms with Gasteiger partial charge in [-0.25, -0.2) is 9.37 Å². The minimum atomic E-state index is -0.263. The van der Waals surface area contributed by atoms with Crippen LogP contribution in [0.3, 0.4) is 0 Å². The van der Waals surface area contributed by atoms with Gasteiger partial charge in [0.15, 0.2) is 5.96 Å². The monoisotopic (exact) mass is 377 g/mol. The van der Waals surface area contributed by atoms with Gasteiger partial charge in [-0.05, 0) is 30.9 Å². The van der Waals surface area contributed by atoms with Crippen LogP contribution in [0.1, 0.15) is 24.9 Å². The van der Waals surface area contributed by atoms with Crippen LogP contribution in [0.4, 0.5) is 4.39 Å². The van der Waals surface area contributed by atoms with Gasteiger partial charge in [-0.1, -0.05) is 24.6 Å². The van der Waals surface area contributed by atoms with Crippen LogP contribution in [0.25, 0.3) is 0 Å². The molecule has 0 amide bonds. The molecule has 7 heteroatoms. The quantitative estimate of drug-likeness (QED) is 0.656. The highest BCUT2D eigenvalue weighted by Crippen LogP contribution is 2.27. The standard InChI is InChI=1S/C19H25ClFN5/c1-14-7-10-25(12-18(14)26-11-9-23-13-26)19(22-2)24-8-6-15-16(20)4-3-5-17(15)21/h3-5,9,11,13-14,18H,6-8,10,12H2,1-2H3,(H,22,24). The zero-order valence-electron chi connectivity index (χ0n) is 15.2. The average Bonchev–Trinajstić information content (AvgIpc) is 3.16. The molecule has 0 bridgehead atoms.